The molecule has 0 aromatic heterocycles. The molecule has 5 heteroatoms. The van der Waals surface area contributed by atoms with Gasteiger partial charge in [-0.1, -0.05) is 12.8 Å². The van der Waals surface area contributed by atoms with E-state index in [1.807, 2.05) is 60.7 Å². The third kappa shape index (κ3) is 36.6. The second-order valence-corrected chi connectivity index (χ2v) is 11.7. The Labute approximate surface area is 185 Å². The Kier molecular flexibility index (Phi) is 33.4. The van der Waals surface area contributed by atoms with Crippen LogP contribution in [-0.4, -0.2) is 50.5 Å². The Morgan fingerprint density at radius 1 is 0.640 bits per heavy atom. The number of rotatable bonds is 6. The molecule has 144 valence electrons. The average molecular weight is 448 g/mol. The fourth-order valence-electron chi connectivity index (χ4n) is 1.40. The van der Waals surface area contributed by atoms with Gasteiger partial charge in [-0.05, 0) is 39.0 Å². The first-order chi connectivity index (χ1) is 11.5. The fraction of sp³-hybridized carbons (Fsp3) is 0.500. The van der Waals surface area contributed by atoms with Gasteiger partial charge in [0.05, 0.1) is 0 Å². The van der Waals surface area contributed by atoms with Crippen molar-refractivity contribution in [3.8, 4) is 0 Å². The van der Waals surface area contributed by atoms with Crippen molar-refractivity contribution >= 4 is 41.1 Å². The summed E-state index contributed by atoms with van der Waals surface area (Å²) in [5, 5.41) is 0. The normalized spacial score (nSPS) is 8.96. The van der Waals surface area contributed by atoms with E-state index in [2.05, 4.69) is 26.7 Å². The van der Waals surface area contributed by atoms with Crippen LogP contribution in [0.1, 0.15) is 12.8 Å². The van der Waals surface area contributed by atoms with Crippen molar-refractivity contribution < 1.29 is 21.7 Å². The van der Waals surface area contributed by atoms with Gasteiger partial charge in [-0.2, -0.15) is 47.9 Å². The summed E-state index contributed by atoms with van der Waals surface area (Å²) >= 11 is 9.56. The molecule has 0 unspecified atom stereocenters. The first-order valence-electron chi connectivity index (χ1n) is 8.33. The molecule has 0 heterocycles. The van der Waals surface area contributed by atoms with E-state index in [0.717, 1.165) is 11.5 Å². The SMILES string of the molecule is CP(C)CCC[S-].CP(C)CCC[S-].[Ti].c1cc[cH-]c1.c1cc[cH-]c1. The number of hydrogen-bond acceptors (Lipinski definition) is 2. The Morgan fingerprint density at radius 3 is 1.00 bits per heavy atom. The molecule has 0 N–H and O–H groups in total. The first kappa shape index (κ1) is 30.7. The second-order valence-electron chi connectivity index (χ2n) is 5.65. The Balaban J connectivity index is -0.000000257. The van der Waals surface area contributed by atoms with E-state index < -0.39 is 0 Å². The zero-order valence-corrected chi connectivity index (χ0v) is 21.2. The molecule has 0 spiro atoms. The average Bonchev–Trinajstić information content (AvgIpc) is 3.29. The van der Waals surface area contributed by atoms with Crippen LogP contribution in [0, 0.1) is 0 Å². The molecule has 0 nitrogen and oxygen atoms in total. The second kappa shape index (κ2) is 27.2. The van der Waals surface area contributed by atoms with Crippen LogP contribution in [-0.2, 0) is 47.0 Å². The van der Waals surface area contributed by atoms with E-state index in [4.69, 9.17) is 25.3 Å². The Bertz CT molecular complexity index is 304. The summed E-state index contributed by atoms with van der Waals surface area (Å²) in [4.78, 5) is 0. The molecular formula is C20H34P2S2Ti-4. The van der Waals surface area contributed by atoms with E-state index >= 15 is 0 Å². The molecule has 2 aromatic rings. The third-order valence-electron chi connectivity index (χ3n) is 2.61. The van der Waals surface area contributed by atoms with E-state index in [9.17, 15) is 0 Å². The van der Waals surface area contributed by atoms with Crippen LogP contribution in [0.5, 0.6) is 0 Å². The van der Waals surface area contributed by atoms with Crippen molar-refractivity contribution in [2.24, 2.45) is 0 Å². The molecule has 0 radical (unpaired) electrons. The van der Waals surface area contributed by atoms with Crippen molar-refractivity contribution in [1.82, 2.24) is 0 Å². The molecular weight excluding hydrogens is 414 g/mol. The first-order valence-corrected chi connectivity index (χ1v) is 14.3. The predicted molar refractivity (Wildman–Crippen MR) is 125 cm³/mol. The summed E-state index contributed by atoms with van der Waals surface area (Å²) in [6.45, 7) is 9.17. The molecule has 0 amide bonds. The Hall–Kier alpha value is 0.974. The van der Waals surface area contributed by atoms with Crippen LogP contribution in [0.4, 0.5) is 0 Å². The smallest absolute Gasteiger partial charge is 0 e. The fourth-order valence-corrected chi connectivity index (χ4v) is 3.70. The summed E-state index contributed by atoms with van der Waals surface area (Å²) < 4.78 is 0. The summed E-state index contributed by atoms with van der Waals surface area (Å²) in [5.41, 5.74) is 0. The molecule has 0 saturated carbocycles. The molecule has 0 aliphatic rings. The van der Waals surface area contributed by atoms with Crippen LogP contribution >= 0.6 is 15.8 Å². The van der Waals surface area contributed by atoms with Crippen LogP contribution in [0.3, 0.4) is 0 Å². The van der Waals surface area contributed by atoms with E-state index in [-0.39, 0.29) is 21.7 Å². The summed E-state index contributed by atoms with van der Waals surface area (Å²) in [6.07, 6.45) is 5.21. The molecule has 25 heavy (non-hydrogen) atoms. The Morgan fingerprint density at radius 2 is 0.920 bits per heavy atom. The van der Waals surface area contributed by atoms with Crippen molar-refractivity contribution in [2.75, 3.05) is 50.5 Å². The van der Waals surface area contributed by atoms with Crippen LogP contribution in [0.2, 0.25) is 0 Å². The minimum atomic E-state index is 0. The standard InChI is InChI=1S/2C5H13PS.2C5H5.Ti/c2*1-6(2)4-3-5-7;2*1-2-4-5-3-1;/h2*7H,3-5H2,1-2H3;2*1-5H;/q;;2*-1;/p-2. The molecule has 0 atom stereocenters. The van der Waals surface area contributed by atoms with E-state index in [1.54, 1.807) is 0 Å². The van der Waals surface area contributed by atoms with E-state index in [0.29, 0.717) is 15.8 Å². The van der Waals surface area contributed by atoms with Gasteiger partial charge < -0.3 is 25.3 Å². The van der Waals surface area contributed by atoms with Gasteiger partial charge in [0, 0.05) is 21.7 Å². The minimum Gasteiger partial charge on any atom is -0.793 e. The van der Waals surface area contributed by atoms with Gasteiger partial charge in [0.1, 0.15) is 0 Å². The molecule has 2 rings (SSSR count). The molecule has 0 fully saturated rings. The number of hydrogen-bond donors (Lipinski definition) is 0. The molecule has 0 saturated heterocycles. The van der Waals surface area contributed by atoms with Gasteiger partial charge >= 0.3 is 0 Å². The molecule has 0 aliphatic heterocycles. The minimum absolute atomic E-state index is 0. The topological polar surface area (TPSA) is 0 Å². The van der Waals surface area contributed by atoms with Gasteiger partial charge in [0.2, 0.25) is 0 Å². The van der Waals surface area contributed by atoms with Gasteiger partial charge in [-0.15, -0.1) is 15.8 Å². The van der Waals surface area contributed by atoms with Crippen molar-refractivity contribution in [3.05, 3.63) is 60.7 Å². The summed E-state index contributed by atoms with van der Waals surface area (Å²) in [7, 11) is 0.654. The zero-order chi connectivity index (χ0) is 18.5. The van der Waals surface area contributed by atoms with Crippen LogP contribution in [0.15, 0.2) is 60.7 Å². The molecule has 0 bridgehead atoms. The third-order valence-corrected chi connectivity index (χ3v) is 5.61. The van der Waals surface area contributed by atoms with Gasteiger partial charge in [0.15, 0.2) is 0 Å². The maximum Gasteiger partial charge on any atom is 0 e. The quantitative estimate of drug-likeness (QED) is 0.225. The summed E-state index contributed by atoms with van der Waals surface area (Å²) in [6, 6.07) is 20.0. The van der Waals surface area contributed by atoms with Gasteiger partial charge in [-0.25, -0.2) is 24.3 Å². The summed E-state index contributed by atoms with van der Waals surface area (Å²) in [5.74, 6) is 1.89. The van der Waals surface area contributed by atoms with Crippen molar-refractivity contribution in [1.29, 1.82) is 0 Å². The molecule has 2 aromatic carbocycles. The predicted octanol–water partition coefficient (Wildman–Crippen LogP) is 6.14. The van der Waals surface area contributed by atoms with Crippen molar-refractivity contribution in [2.45, 2.75) is 12.8 Å². The van der Waals surface area contributed by atoms with Crippen LogP contribution < -0.4 is 0 Å². The van der Waals surface area contributed by atoms with E-state index in [1.165, 1.54) is 25.2 Å². The maximum absolute atomic E-state index is 4.78. The van der Waals surface area contributed by atoms with Crippen LogP contribution in [0.25, 0.3) is 0 Å². The zero-order valence-electron chi connectivity index (χ0n) is 16.2. The maximum atomic E-state index is 4.78. The molecule has 0 aliphatic carbocycles. The van der Waals surface area contributed by atoms with Gasteiger partial charge in [0.25, 0.3) is 0 Å². The largest absolute Gasteiger partial charge is 0.793 e. The monoisotopic (exact) mass is 448 g/mol. The van der Waals surface area contributed by atoms with Gasteiger partial charge in [-0.3, -0.25) is 0 Å². The van der Waals surface area contributed by atoms with Crippen molar-refractivity contribution in [3.63, 3.8) is 0 Å².